The van der Waals surface area contributed by atoms with Crippen LogP contribution in [0.5, 0.6) is 0 Å². The second kappa shape index (κ2) is 8.87. The van der Waals surface area contributed by atoms with Crippen molar-refractivity contribution >= 4 is 34.9 Å². The number of nitrogens with zero attached hydrogens (tertiary/aromatic N) is 2. The molecule has 0 aliphatic carbocycles. The zero-order valence-corrected chi connectivity index (χ0v) is 16.8. The molecule has 5 nitrogen and oxygen atoms in total. The van der Waals surface area contributed by atoms with Gasteiger partial charge in [-0.3, -0.25) is 4.79 Å². The molecule has 0 N–H and O–H groups in total. The van der Waals surface area contributed by atoms with E-state index in [9.17, 15) is 22.8 Å². The van der Waals surface area contributed by atoms with Crippen LogP contribution in [0.2, 0.25) is 0 Å². The predicted octanol–water partition coefficient (Wildman–Crippen LogP) is 4.83. The van der Waals surface area contributed by atoms with E-state index in [1.54, 1.807) is 18.2 Å². The number of halogens is 4. The Morgan fingerprint density at radius 1 is 1.20 bits per heavy atom. The molecule has 0 atom stereocenters. The maximum Gasteiger partial charge on any atom is 0.416 e. The van der Waals surface area contributed by atoms with Gasteiger partial charge >= 0.3 is 12.1 Å². The summed E-state index contributed by atoms with van der Waals surface area (Å²) in [6.45, 7) is 1.74. The van der Waals surface area contributed by atoms with E-state index in [1.807, 2.05) is 6.92 Å². The Balaban J connectivity index is 1.90. The zero-order chi connectivity index (χ0) is 21.9. The fourth-order valence-electron chi connectivity index (χ4n) is 3.05. The molecule has 2 aromatic carbocycles. The van der Waals surface area contributed by atoms with Gasteiger partial charge in [0.1, 0.15) is 0 Å². The van der Waals surface area contributed by atoms with Gasteiger partial charge in [-0.05, 0) is 43.2 Å². The van der Waals surface area contributed by atoms with Crippen molar-refractivity contribution in [1.82, 2.24) is 0 Å². The number of aryl methyl sites for hydroxylation is 1. The molecule has 1 aliphatic rings. The smallest absolute Gasteiger partial charge is 0.317 e. The van der Waals surface area contributed by atoms with Gasteiger partial charge in [-0.2, -0.15) is 13.2 Å². The van der Waals surface area contributed by atoms with E-state index in [4.69, 9.17) is 16.4 Å². The molecule has 1 aliphatic heterocycles. The zero-order valence-electron chi connectivity index (χ0n) is 16.0. The highest BCUT2D eigenvalue weighted by atomic mass is 35.5. The Bertz CT molecular complexity index is 1010. The largest absolute Gasteiger partial charge is 0.416 e. The SMILES string of the molecule is Cc1ccc2c(c1)/C(=N/OC(=O)CCCCl)C(=O)N2Cc1cccc(C(F)(F)F)c1. The maximum atomic E-state index is 13.0. The van der Waals surface area contributed by atoms with Crippen LogP contribution in [0.25, 0.3) is 0 Å². The van der Waals surface area contributed by atoms with Crippen molar-refractivity contribution in [2.45, 2.75) is 32.5 Å². The van der Waals surface area contributed by atoms with Crippen LogP contribution in [0.1, 0.15) is 35.1 Å². The Labute approximate surface area is 176 Å². The number of fused-ring (bicyclic) bond motifs is 1. The molecule has 0 bridgehead atoms. The summed E-state index contributed by atoms with van der Waals surface area (Å²) in [6, 6.07) is 9.96. The topological polar surface area (TPSA) is 59.0 Å². The minimum absolute atomic E-state index is 0.0586. The molecule has 1 amide bonds. The first kappa shape index (κ1) is 21.8. The van der Waals surface area contributed by atoms with Crippen LogP contribution in [0, 0.1) is 6.92 Å². The van der Waals surface area contributed by atoms with Crippen LogP contribution in [-0.2, 0) is 27.1 Å². The van der Waals surface area contributed by atoms with Crippen molar-refractivity contribution in [1.29, 1.82) is 0 Å². The fourth-order valence-corrected chi connectivity index (χ4v) is 3.19. The number of carbonyl (C=O) groups is 2. The van der Waals surface area contributed by atoms with Gasteiger partial charge in [0, 0.05) is 17.9 Å². The predicted molar refractivity (Wildman–Crippen MR) is 106 cm³/mol. The van der Waals surface area contributed by atoms with Gasteiger partial charge in [0.05, 0.1) is 17.8 Å². The highest BCUT2D eigenvalue weighted by Gasteiger charge is 2.36. The number of hydrogen-bond acceptors (Lipinski definition) is 4. The molecule has 1 heterocycles. The molecule has 0 aromatic heterocycles. The van der Waals surface area contributed by atoms with Crippen LogP contribution in [0.3, 0.4) is 0 Å². The van der Waals surface area contributed by atoms with Crippen molar-refractivity contribution in [3.8, 4) is 0 Å². The Morgan fingerprint density at radius 3 is 2.67 bits per heavy atom. The van der Waals surface area contributed by atoms with Crippen molar-refractivity contribution in [2.75, 3.05) is 10.8 Å². The molecule has 0 fully saturated rings. The van der Waals surface area contributed by atoms with Crippen molar-refractivity contribution in [2.24, 2.45) is 5.16 Å². The lowest BCUT2D eigenvalue weighted by atomic mass is 10.1. The van der Waals surface area contributed by atoms with E-state index >= 15 is 0 Å². The molecule has 0 unspecified atom stereocenters. The second-order valence-corrected chi connectivity index (χ2v) is 7.18. The third kappa shape index (κ3) is 4.81. The van der Waals surface area contributed by atoms with E-state index in [-0.39, 0.29) is 24.6 Å². The summed E-state index contributed by atoms with van der Waals surface area (Å²) in [5.41, 5.74) is 1.24. The van der Waals surface area contributed by atoms with Crippen molar-refractivity contribution < 1.29 is 27.6 Å². The number of benzene rings is 2. The Kier molecular flexibility index (Phi) is 6.45. The van der Waals surface area contributed by atoms with Gasteiger partial charge in [-0.25, -0.2) is 4.79 Å². The number of oxime groups is 1. The molecule has 0 radical (unpaired) electrons. The van der Waals surface area contributed by atoms with Crippen LogP contribution < -0.4 is 4.90 Å². The van der Waals surface area contributed by atoms with Crippen LogP contribution >= 0.6 is 11.6 Å². The molecule has 0 saturated heterocycles. The van der Waals surface area contributed by atoms with E-state index < -0.39 is 23.6 Å². The lowest BCUT2D eigenvalue weighted by Crippen LogP contribution is -2.30. The van der Waals surface area contributed by atoms with Gasteiger partial charge in [0.15, 0.2) is 5.71 Å². The molecule has 2 aromatic rings. The number of rotatable bonds is 6. The van der Waals surface area contributed by atoms with Gasteiger partial charge in [0.2, 0.25) is 0 Å². The molecule has 0 saturated carbocycles. The van der Waals surface area contributed by atoms with E-state index in [0.717, 1.165) is 17.7 Å². The van der Waals surface area contributed by atoms with E-state index in [2.05, 4.69) is 5.16 Å². The molecule has 9 heteroatoms. The van der Waals surface area contributed by atoms with E-state index in [1.165, 1.54) is 17.0 Å². The fraction of sp³-hybridized carbons (Fsp3) is 0.286. The van der Waals surface area contributed by atoms with E-state index in [0.29, 0.717) is 23.2 Å². The summed E-state index contributed by atoms with van der Waals surface area (Å²) in [4.78, 5) is 30.8. The van der Waals surface area contributed by atoms with Crippen LogP contribution in [0.15, 0.2) is 47.6 Å². The second-order valence-electron chi connectivity index (χ2n) is 6.81. The first-order chi connectivity index (χ1) is 14.2. The van der Waals surface area contributed by atoms with Crippen LogP contribution in [0.4, 0.5) is 18.9 Å². The quantitative estimate of drug-likeness (QED) is 0.369. The van der Waals surface area contributed by atoms with Crippen LogP contribution in [-0.4, -0.2) is 23.5 Å². The monoisotopic (exact) mass is 438 g/mol. The summed E-state index contributed by atoms with van der Waals surface area (Å²) >= 11 is 5.54. The highest BCUT2D eigenvalue weighted by molar-refractivity contribution is 6.54. The molecular weight excluding hydrogens is 421 g/mol. The normalized spacial score (nSPS) is 14.9. The van der Waals surface area contributed by atoms with Gasteiger partial charge in [-0.15, -0.1) is 11.6 Å². The first-order valence-corrected chi connectivity index (χ1v) is 9.67. The number of hydrogen-bond donors (Lipinski definition) is 0. The Morgan fingerprint density at radius 2 is 1.97 bits per heavy atom. The first-order valence-electron chi connectivity index (χ1n) is 9.13. The number of carbonyl (C=O) groups excluding carboxylic acids is 2. The number of anilines is 1. The third-order valence-corrected chi connectivity index (χ3v) is 4.76. The summed E-state index contributed by atoms with van der Waals surface area (Å²) in [5.74, 6) is -0.892. The summed E-state index contributed by atoms with van der Waals surface area (Å²) in [7, 11) is 0. The maximum absolute atomic E-state index is 13.0. The lowest BCUT2D eigenvalue weighted by Gasteiger charge is -2.18. The summed E-state index contributed by atoms with van der Waals surface area (Å²) in [6.07, 6.45) is -4.01. The molecule has 3 rings (SSSR count). The standard InChI is InChI=1S/C21H18ClF3N2O3/c1-13-7-8-17-16(10-13)19(26-30-18(28)6-3-9-22)20(29)27(17)12-14-4-2-5-15(11-14)21(23,24)25/h2,4-5,7-8,10-11H,3,6,9,12H2,1H3/b26-19-. The van der Waals surface area contributed by atoms with Crippen molar-refractivity contribution in [3.63, 3.8) is 0 Å². The highest BCUT2D eigenvalue weighted by Crippen LogP contribution is 2.33. The molecule has 158 valence electrons. The van der Waals surface area contributed by atoms with Gasteiger partial charge in [-0.1, -0.05) is 28.9 Å². The minimum Gasteiger partial charge on any atom is -0.317 e. The van der Waals surface area contributed by atoms with Crippen molar-refractivity contribution in [3.05, 3.63) is 64.7 Å². The lowest BCUT2D eigenvalue weighted by molar-refractivity contribution is -0.143. The average molecular weight is 439 g/mol. The van der Waals surface area contributed by atoms with Gasteiger partial charge in [0.25, 0.3) is 5.91 Å². The molecule has 30 heavy (non-hydrogen) atoms. The summed E-state index contributed by atoms with van der Waals surface area (Å²) in [5, 5.41) is 3.74. The average Bonchev–Trinajstić information content (AvgIpc) is 2.95. The molecular formula is C21H18ClF3N2O3. The Hall–Kier alpha value is -2.87. The summed E-state index contributed by atoms with van der Waals surface area (Å²) < 4.78 is 39.0. The third-order valence-electron chi connectivity index (χ3n) is 4.49. The number of alkyl halides is 4. The molecule has 0 spiro atoms. The van der Waals surface area contributed by atoms with Gasteiger partial charge < -0.3 is 9.74 Å². The number of amides is 1. The minimum atomic E-state index is -4.48.